The Morgan fingerprint density at radius 1 is 1.25 bits per heavy atom. The van der Waals surface area contributed by atoms with Gasteiger partial charge in [0.05, 0.1) is 0 Å². The first kappa shape index (κ1) is 39.8. The fourth-order valence-electron chi connectivity index (χ4n) is 0. The van der Waals surface area contributed by atoms with Crippen molar-refractivity contribution in [2.75, 3.05) is 0 Å². The van der Waals surface area contributed by atoms with Crippen molar-refractivity contribution in [1.82, 2.24) is 0 Å². The third kappa shape index (κ3) is 9.12. The summed E-state index contributed by atoms with van der Waals surface area (Å²) in [7, 11) is 0. The van der Waals surface area contributed by atoms with Crippen LogP contribution in [0.1, 0.15) is 2.85 Å². The maximum atomic E-state index is 0. The van der Waals surface area contributed by atoms with E-state index in [1.165, 1.54) is 0 Å². The fourth-order valence-corrected chi connectivity index (χ4v) is 0. The molecule has 0 unspecified atom stereocenters. The Morgan fingerprint density at radius 3 is 1.25 bits per heavy atom. The van der Waals surface area contributed by atoms with Crippen molar-refractivity contribution in [3.8, 4) is 0 Å². The molecular weight excluding hydrogens is 161 g/mol. The van der Waals surface area contributed by atoms with Gasteiger partial charge in [0.15, 0.2) is 0 Å². The van der Waals surface area contributed by atoms with E-state index < -0.39 is 0 Å². The first-order valence-electron chi connectivity index (χ1n) is 0. The minimum atomic E-state index is 0. The van der Waals surface area contributed by atoms with Crippen LogP contribution in [0.25, 0.3) is 0 Å². The Morgan fingerprint density at radius 2 is 1.25 bits per heavy atom. The largest absolute Gasteiger partial charge is 2.00 e. The van der Waals surface area contributed by atoms with Crippen molar-refractivity contribution in [2.45, 2.75) is 0 Å². The van der Waals surface area contributed by atoms with Crippen LogP contribution in [0, 0.1) is 0 Å². The van der Waals surface area contributed by atoms with E-state index in [0.29, 0.717) is 0 Å². The molecule has 4 heteroatoms. The molecule has 0 fully saturated rings. The van der Waals surface area contributed by atoms with Crippen molar-refractivity contribution in [3.05, 3.63) is 0 Å². The summed E-state index contributed by atoms with van der Waals surface area (Å²) in [6, 6.07) is 0. The Labute approximate surface area is 67.6 Å². The molecule has 0 aromatic carbocycles. The summed E-state index contributed by atoms with van der Waals surface area (Å²) in [4.78, 5) is 0. The van der Waals surface area contributed by atoms with Gasteiger partial charge in [-0.25, -0.2) is 0 Å². The Hall–Kier alpha value is 1.87. The molecule has 0 bridgehead atoms. The van der Waals surface area contributed by atoms with Crippen molar-refractivity contribution in [3.63, 3.8) is 0 Å². The molecule has 1 nitrogen and oxygen atoms in total. The molecule has 0 heterocycles. The quantitative estimate of drug-likeness (QED) is 0.412. The van der Waals surface area contributed by atoms with Gasteiger partial charge in [-0.3, -0.25) is 0 Å². The second-order valence-corrected chi connectivity index (χ2v) is 0. The molecule has 0 saturated heterocycles. The molecular formula is H4MgMnOZn. The minimum Gasteiger partial charge on any atom is -1.00 e. The molecule has 21 valence electrons. The van der Waals surface area contributed by atoms with E-state index in [0.717, 1.165) is 0 Å². The zero-order valence-corrected chi connectivity index (χ0v) is 7.85. The zero-order chi connectivity index (χ0) is 0. The van der Waals surface area contributed by atoms with Gasteiger partial charge in [-0.15, -0.1) is 0 Å². The topological polar surface area (TPSA) is 31.5 Å². The molecule has 0 atom stereocenters. The average Bonchev–Trinajstić information content (AvgIpc) is 0. The summed E-state index contributed by atoms with van der Waals surface area (Å²) in [5.41, 5.74) is 0. The summed E-state index contributed by atoms with van der Waals surface area (Å²) >= 11 is 0. The predicted octanol–water partition coefficient (Wildman–Crippen LogP) is -0.986. The first-order valence-corrected chi connectivity index (χ1v) is 0. The number of hydrogen-bond donors (Lipinski definition) is 0. The van der Waals surface area contributed by atoms with Crippen LogP contribution in [0.3, 0.4) is 0 Å². The van der Waals surface area contributed by atoms with E-state index in [2.05, 4.69) is 0 Å². The maximum absolute atomic E-state index is 0. The van der Waals surface area contributed by atoms with Gasteiger partial charge in [-0.2, -0.15) is 0 Å². The van der Waals surface area contributed by atoms with Crippen molar-refractivity contribution in [1.29, 1.82) is 0 Å². The summed E-state index contributed by atoms with van der Waals surface area (Å²) in [5, 5.41) is 0. The molecule has 0 aliphatic heterocycles. The Balaban J connectivity index is 0. The van der Waals surface area contributed by atoms with Crippen molar-refractivity contribution >= 4 is 23.1 Å². The monoisotopic (exact) mass is 163 g/mol. The standard InChI is InChI=1S/Mg.Mn.H2O.Zn.2H/h;;1H2;;;/q+2;;;;2*-1. The zero-order valence-electron chi connectivity index (χ0n) is 4.29. The molecule has 0 saturated carbocycles. The van der Waals surface area contributed by atoms with Crippen molar-refractivity contribution in [2.24, 2.45) is 0 Å². The van der Waals surface area contributed by atoms with E-state index in [1.54, 1.807) is 0 Å². The van der Waals surface area contributed by atoms with Crippen LogP contribution in [-0.4, -0.2) is 28.5 Å². The molecule has 1 radical (unpaired) electrons. The van der Waals surface area contributed by atoms with Gasteiger partial charge in [0, 0.05) is 36.5 Å². The smallest absolute Gasteiger partial charge is 1.00 e. The Kier molecular flexibility index (Phi) is 208. The normalized spacial score (nSPS) is 0. The van der Waals surface area contributed by atoms with E-state index in [1.807, 2.05) is 0 Å². The van der Waals surface area contributed by atoms with Gasteiger partial charge in [0.2, 0.25) is 0 Å². The van der Waals surface area contributed by atoms with Gasteiger partial charge in [-0.1, -0.05) is 0 Å². The van der Waals surface area contributed by atoms with Crippen LogP contribution in [0.4, 0.5) is 0 Å². The van der Waals surface area contributed by atoms with Gasteiger partial charge in [-0.05, 0) is 0 Å². The summed E-state index contributed by atoms with van der Waals surface area (Å²) in [6.07, 6.45) is 0. The molecule has 0 aliphatic rings. The number of hydrogen-bond acceptors (Lipinski definition) is 0. The van der Waals surface area contributed by atoms with E-state index >= 15 is 0 Å². The summed E-state index contributed by atoms with van der Waals surface area (Å²) in [6.45, 7) is 0. The van der Waals surface area contributed by atoms with E-state index in [9.17, 15) is 0 Å². The van der Waals surface area contributed by atoms with E-state index in [-0.39, 0.29) is 67.9 Å². The molecule has 0 amide bonds. The average molecular weight is 165 g/mol. The van der Waals surface area contributed by atoms with Crippen LogP contribution >= 0.6 is 0 Å². The molecule has 0 aliphatic carbocycles. The van der Waals surface area contributed by atoms with Crippen LogP contribution in [0.5, 0.6) is 0 Å². The minimum absolute atomic E-state index is 0. The third-order valence-electron chi connectivity index (χ3n) is 0. The maximum Gasteiger partial charge on any atom is 2.00 e. The fraction of sp³-hybridized carbons (Fsp3) is 0. The first-order chi connectivity index (χ1) is 0. The molecule has 2 N–H and O–H groups in total. The van der Waals surface area contributed by atoms with E-state index in [4.69, 9.17) is 0 Å². The van der Waals surface area contributed by atoms with Gasteiger partial charge < -0.3 is 8.33 Å². The van der Waals surface area contributed by atoms with Crippen LogP contribution in [0.15, 0.2) is 0 Å². The summed E-state index contributed by atoms with van der Waals surface area (Å²) < 4.78 is 0. The molecule has 0 spiro atoms. The third-order valence-corrected chi connectivity index (χ3v) is 0. The second kappa shape index (κ2) is 20.9. The van der Waals surface area contributed by atoms with Gasteiger partial charge in [0.25, 0.3) is 0 Å². The molecule has 0 aromatic rings. The van der Waals surface area contributed by atoms with Gasteiger partial charge in [0.1, 0.15) is 0 Å². The molecule has 0 aromatic heterocycles. The molecule has 4 heavy (non-hydrogen) atoms. The van der Waals surface area contributed by atoms with Crippen LogP contribution < -0.4 is 0 Å². The Bertz CT molecular complexity index is 13.5. The van der Waals surface area contributed by atoms with Crippen LogP contribution in [-0.2, 0) is 36.5 Å². The van der Waals surface area contributed by atoms with Crippen LogP contribution in [0.2, 0.25) is 0 Å². The predicted molar refractivity (Wildman–Crippen MR) is 11.6 cm³/mol. The number of rotatable bonds is 0. The summed E-state index contributed by atoms with van der Waals surface area (Å²) in [5.74, 6) is 0. The van der Waals surface area contributed by atoms with Gasteiger partial charge >= 0.3 is 23.1 Å². The van der Waals surface area contributed by atoms with Crippen molar-refractivity contribution < 1.29 is 44.9 Å². The second-order valence-electron chi connectivity index (χ2n) is 0. The molecule has 0 rings (SSSR count). The SMILES string of the molecule is O.[H-].[H-].[Mg+2].[Mn].[Zn].